The number of hydrogen-bond donors (Lipinski definition) is 4. The summed E-state index contributed by atoms with van der Waals surface area (Å²) < 4.78 is 0. The summed E-state index contributed by atoms with van der Waals surface area (Å²) in [5.41, 5.74) is 6.15. The fourth-order valence-electron chi connectivity index (χ4n) is 1.63. The number of nitrogens with one attached hydrogen (secondary N) is 3. The van der Waals surface area contributed by atoms with Gasteiger partial charge < -0.3 is 16.4 Å². The topological polar surface area (TPSA) is 108 Å². The van der Waals surface area contributed by atoms with Gasteiger partial charge in [-0.2, -0.15) is 5.10 Å². The Labute approximate surface area is 105 Å². The van der Waals surface area contributed by atoms with E-state index in [1.807, 2.05) is 0 Å². The number of carbonyl (C=O) groups excluding carboxylic acids is 1. The summed E-state index contributed by atoms with van der Waals surface area (Å²) >= 11 is 0. The highest BCUT2D eigenvalue weighted by Crippen LogP contribution is 2.17. The summed E-state index contributed by atoms with van der Waals surface area (Å²) in [6.07, 6.45) is 5.11. The first-order valence-corrected chi connectivity index (χ1v) is 6.10. The van der Waals surface area contributed by atoms with Gasteiger partial charge in [-0.25, -0.2) is 0 Å². The standard InChI is InChI=1S/C11H18N6O/c12-11(16-8-2-1-3-8)14-7-6-13-10(18)9-4-5-15-17-9/h4-5,8H,1-3,6-7H2,(H,13,18)(H,15,17)(H3,12,14,16). The Morgan fingerprint density at radius 3 is 3.06 bits per heavy atom. The van der Waals surface area contributed by atoms with E-state index >= 15 is 0 Å². The van der Waals surface area contributed by atoms with Gasteiger partial charge in [-0.1, -0.05) is 0 Å². The number of nitrogens with two attached hydrogens (primary N) is 1. The summed E-state index contributed by atoms with van der Waals surface area (Å²) in [7, 11) is 0. The second kappa shape index (κ2) is 6.04. The van der Waals surface area contributed by atoms with Crippen LogP contribution in [0.3, 0.4) is 0 Å². The molecule has 1 saturated carbocycles. The van der Waals surface area contributed by atoms with Crippen molar-refractivity contribution in [3.8, 4) is 0 Å². The van der Waals surface area contributed by atoms with Crippen LogP contribution < -0.4 is 16.4 Å². The van der Waals surface area contributed by atoms with Crippen LogP contribution >= 0.6 is 0 Å². The molecule has 1 aliphatic rings. The Kier molecular flexibility index (Phi) is 4.16. The largest absolute Gasteiger partial charge is 0.370 e. The molecular formula is C11H18N6O. The first-order valence-electron chi connectivity index (χ1n) is 6.10. The maximum absolute atomic E-state index is 11.5. The van der Waals surface area contributed by atoms with Crippen LogP contribution in [0.5, 0.6) is 0 Å². The van der Waals surface area contributed by atoms with Crippen LogP contribution in [0.4, 0.5) is 0 Å². The molecule has 0 saturated heterocycles. The molecule has 0 bridgehead atoms. The number of aromatic nitrogens is 2. The maximum atomic E-state index is 11.5. The maximum Gasteiger partial charge on any atom is 0.269 e. The average Bonchev–Trinajstić information content (AvgIpc) is 2.83. The second-order valence-electron chi connectivity index (χ2n) is 4.27. The summed E-state index contributed by atoms with van der Waals surface area (Å²) in [5, 5.41) is 12.1. The molecule has 7 nitrogen and oxygen atoms in total. The van der Waals surface area contributed by atoms with E-state index in [0.717, 1.165) is 12.8 Å². The van der Waals surface area contributed by atoms with Crippen LogP contribution in [0, 0.1) is 0 Å². The van der Waals surface area contributed by atoms with Crippen molar-refractivity contribution in [2.45, 2.75) is 25.3 Å². The van der Waals surface area contributed by atoms with Crippen molar-refractivity contribution < 1.29 is 4.79 Å². The summed E-state index contributed by atoms with van der Waals surface area (Å²) in [5.74, 6) is 0.267. The van der Waals surface area contributed by atoms with E-state index < -0.39 is 0 Å². The van der Waals surface area contributed by atoms with E-state index in [1.165, 1.54) is 12.6 Å². The summed E-state index contributed by atoms with van der Waals surface area (Å²) in [4.78, 5) is 15.6. The fraction of sp³-hybridized carbons (Fsp3) is 0.545. The van der Waals surface area contributed by atoms with Crippen LogP contribution in [0.2, 0.25) is 0 Å². The second-order valence-corrected chi connectivity index (χ2v) is 4.27. The lowest BCUT2D eigenvalue weighted by Gasteiger charge is -2.26. The number of aromatic amines is 1. The van der Waals surface area contributed by atoms with Crippen LogP contribution in [0.1, 0.15) is 29.8 Å². The van der Waals surface area contributed by atoms with Gasteiger partial charge in [0.2, 0.25) is 0 Å². The predicted octanol–water partition coefficient (Wildman–Crippen LogP) is -0.404. The molecular weight excluding hydrogens is 232 g/mol. The summed E-state index contributed by atoms with van der Waals surface area (Å²) in [6, 6.07) is 2.10. The Morgan fingerprint density at radius 1 is 1.61 bits per heavy atom. The molecule has 1 heterocycles. The van der Waals surface area contributed by atoms with Crippen molar-refractivity contribution in [1.82, 2.24) is 20.8 Å². The number of hydrogen-bond acceptors (Lipinski definition) is 3. The van der Waals surface area contributed by atoms with E-state index in [4.69, 9.17) is 5.73 Å². The minimum absolute atomic E-state index is 0.187. The number of aliphatic imine (C=N–C) groups is 1. The number of carbonyl (C=O) groups is 1. The van der Waals surface area contributed by atoms with Crippen molar-refractivity contribution in [2.24, 2.45) is 10.7 Å². The first kappa shape index (κ1) is 12.4. The molecule has 1 aromatic rings. The number of nitrogens with zero attached hydrogens (tertiary/aromatic N) is 2. The van der Waals surface area contributed by atoms with Gasteiger partial charge in [0.25, 0.3) is 5.91 Å². The molecule has 0 aromatic carbocycles. The smallest absolute Gasteiger partial charge is 0.269 e. The molecule has 18 heavy (non-hydrogen) atoms. The quantitative estimate of drug-likeness (QED) is 0.324. The molecule has 0 spiro atoms. The molecule has 0 atom stereocenters. The van der Waals surface area contributed by atoms with Gasteiger partial charge in [0.1, 0.15) is 5.69 Å². The molecule has 7 heteroatoms. The van der Waals surface area contributed by atoms with Crippen LogP contribution in [0.15, 0.2) is 17.3 Å². The highest BCUT2D eigenvalue weighted by atomic mass is 16.1. The minimum atomic E-state index is -0.187. The third-order valence-electron chi connectivity index (χ3n) is 2.88. The Bertz CT molecular complexity index is 409. The number of guanidine groups is 1. The van der Waals surface area contributed by atoms with E-state index in [-0.39, 0.29) is 5.91 Å². The van der Waals surface area contributed by atoms with Crippen LogP contribution in [-0.2, 0) is 0 Å². The van der Waals surface area contributed by atoms with E-state index in [9.17, 15) is 4.79 Å². The Balaban J connectivity index is 1.62. The van der Waals surface area contributed by atoms with Crippen molar-refractivity contribution in [3.63, 3.8) is 0 Å². The van der Waals surface area contributed by atoms with E-state index in [0.29, 0.717) is 30.8 Å². The van der Waals surface area contributed by atoms with Gasteiger partial charge in [-0.15, -0.1) is 0 Å². The van der Waals surface area contributed by atoms with Crippen molar-refractivity contribution in [2.75, 3.05) is 13.1 Å². The molecule has 1 fully saturated rings. The minimum Gasteiger partial charge on any atom is -0.370 e. The van der Waals surface area contributed by atoms with Gasteiger partial charge in [0.15, 0.2) is 5.96 Å². The molecule has 0 radical (unpaired) electrons. The lowest BCUT2D eigenvalue weighted by Crippen LogP contribution is -2.44. The van der Waals surface area contributed by atoms with Crippen molar-refractivity contribution >= 4 is 11.9 Å². The van der Waals surface area contributed by atoms with Crippen LogP contribution in [-0.4, -0.2) is 41.2 Å². The molecule has 98 valence electrons. The van der Waals surface area contributed by atoms with Crippen molar-refractivity contribution in [3.05, 3.63) is 18.0 Å². The third kappa shape index (κ3) is 3.47. The van der Waals surface area contributed by atoms with Gasteiger partial charge in [0.05, 0.1) is 6.54 Å². The van der Waals surface area contributed by atoms with Gasteiger partial charge in [-0.05, 0) is 25.3 Å². The summed E-state index contributed by atoms with van der Waals surface area (Å²) in [6.45, 7) is 0.913. The monoisotopic (exact) mass is 250 g/mol. The Hall–Kier alpha value is -2.05. The SMILES string of the molecule is NC(=NCCNC(=O)c1ccn[nH]1)NC1CCC1. The Morgan fingerprint density at radius 2 is 2.44 bits per heavy atom. The third-order valence-corrected chi connectivity index (χ3v) is 2.88. The molecule has 1 aromatic heterocycles. The average molecular weight is 250 g/mol. The van der Waals surface area contributed by atoms with E-state index in [2.05, 4.69) is 25.8 Å². The zero-order chi connectivity index (χ0) is 12.8. The molecule has 2 rings (SSSR count). The zero-order valence-corrected chi connectivity index (χ0v) is 10.1. The number of H-pyrrole nitrogens is 1. The molecule has 5 N–H and O–H groups in total. The number of amides is 1. The molecule has 1 aliphatic carbocycles. The lowest BCUT2D eigenvalue weighted by molar-refractivity contribution is 0.0950. The van der Waals surface area contributed by atoms with E-state index in [1.54, 1.807) is 6.07 Å². The van der Waals surface area contributed by atoms with Gasteiger partial charge >= 0.3 is 0 Å². The van der Waals surface area contributed by atoms with Crippen LogP contribution in [0.25, 0.3) is 0 Å². The molecule has 1 amide bonds. The normalized spacial score (nSPS) is 16.1. The highest BCUT2D eigenvalue weighted by Gasteiger charge is 2.17. The molecule has 0 aliphatic heterocycles. The fourth-order valence-corrected chi connectivity index (χ4v) is 1.63. The lowest BCUT2D eigenvalue weighted by atomic mass is 9.93. The number of rotatable bonds is 5. The van der Waals surface area contributed by atoms with Gasteiger partial charge in [-0.3, -0.25) is 14.9 Å². The highest BCUT2D eigenvalue weighted by molar-refractivity contribution is 5.92. The predicted molar refractivity (Wildman–Crippen MR) is 68.2 cm³/mol. The zero-order valence-electron chi connectivity index (χ0n) is 10.1. The molecule has 0 unspecified atom stereocenters. The van der Waals surface area contributed by atoms with Crippen molar-refractivity contribution in [1.29, 1.82) is 0 Å². The first-order chi connectivity index (χ1) is 8.75. The van der Waals surface area contributed by atoms with Gasteiger partial charge in [0, 0.05) is 18.8 Å².